The molecule has 0 heterocycles. The summed E-state index contributed by atoms with van der Waals surface area (Å²) in [5.74, 6) is -0.408. The maximum Gasteiger partial charge on any atom is 0.232 e. The van der Waals surface area contributed by atoms with Crippen molar-refractivity contribution in [1.29, 1.82) is 0 Å². The first kappa shape index (κ1) is 14.4. The van der Waals surface area contributed by atoms with Crippen molar-refractivity contribution in [1.82, 2.24) is 0 Å². The van der Waals surface area contributed by atoms with E-state index in [1.54, 1.807) is 19.1 Å². The maximum atomic E-state index is 12.0. The lowest BCUT2D eigenvalue weighted by Crippen LogP contribution is -2.17. The van der Waals surface area contributed by atoms with Crippen molar-refractivity contribution in [2.75, 3.05) is 7.11 Å². The monoisotopic (exact) mass is 248 g/mol. The summed E-state index contributed by atoms with van der Waals surface area (Å²) in [6.07, 6.45) is 0.210. The van der Waals surface area contributed by atoms with Crippen molar-refractivity contribution in [2.45, 2.75) is 39.5 Å². The highest BCUT2D eigenvalue weighted by atomic mass is 16.5. The first-order valence-electron chi connectivity index (χ1n) is 6.07. The number of rotatable bonds is 4. The van der Waals surface area contributed by atoms with Crippen LogP contribution in [0.15, 0.2) is 18.2 Å². The third-order valence-corrected chi connectivity index (χ3v) is 2.88. The van der Waals surface area contributed by atoms with Gasteiger partial charge in [0.25, 0.3) is 0 Å². The molecule has 0 saturated heterocycles. The normalized spacial score (nSPS) is 11.2. The maximum absolute atomic E-state index is 12.0. The molecule has 1 rings (SSSR count). The van der Waals surface area contributed by atoms with Crippen LogP contribution in [0, 0.1) is 0 Å². The summed E-state index contributed by atoms with van der Waals surface area (Å²) in [7, 11) is 1.50. The van der Waals surface area contributed by atoms with Gasteiger partial charge < -0.3 is 4.74 Å². The summed E-state index contributed by atoms with van der Waals surface area (Å²) in [4.78, 5) is 23.5. The summed E-state index contributed by atoms with van der Waals surface area (Å²) >= 11 is 0. The molecule has 0 aromatic heterocycles. The van der Waals surface area contributed by atoms with Crippen molar-refractivity contribution in [2.24, 2.45) is 0 Å². The van der Waals surface area contributed by atoms with Gasteiger partial charge in [0.1, 0.15) is 5.75 Å². The summed E-state index contributed by atoms with van der Waals surface area (Å²) in [5, 5.41) is 0. The molecule has 1 aromatic carbocycles. The minimum absolute atomic E-state index is 0.0729. The fourth-order valence-electron chi connectivity index (χ4n) is 1.66. The molecule has 1 aromatic rings. The number of ketones is 2. The summed E-state index contributed by atoms with van der Waals surface area (Å²) in [5.41, 5.74) is 1.30. The fraction of sp³-hybridized carbons (Fsp3) is 0.467. The lowest BCUT2D eigenvalue weighted by Gasteiger charge is -2.20. The Kier molecular flexibility index (Phi) is 4.28. The largest absolute Gasteiger partial charge is 0.496 e. The van der Waals surface area contributed by atoms with Gasteiger partial charge in [-0.3, -0.25) is 9.59 Å². The second-order valence-electron chi connectivity index (χ2n) is 5.27. The van der Waals surface area contributed by atoms with E-state index in [0.29, 0.717) is 11.3 Å². The number of carbonyl (C=O) groups excluding carboxylic acids is 2. The first-order chi connectivity index (χ1) is 8.31. The van der Waals surface area contributed by atoms with Gasteiger partial charge in [-0.15, -0.1) is 0 Å². The molecule has 0 atom stereocenters. The SMILES string of the molecule is CCC(=O)C(=O)c1cc(C(C)(C)C)ccc1OC. The number of benzene rings is 1. The van der Waals surface area contributed by atoms with Crippen molar-refractivity contribution in [3.05, 3.63) is 29.3 Å². The molecule has 3 nitrogen and oxygen atoms in total. The molecule has 0 spiro atoms. The molecule has 18 heavy (non-hydrogen) atoms. The predicted molar refractivity (Wildman–Crippen MR) is 71.3 cm³/mol. The zero-order valence-corrected chi connectivity index (χ0v) is 11.7. The van der Waals surface area contributed by atoms with Crippen molar-refractivity contribution >= 4 is 11.6 Å². The number of hydrogen-bond donors (Lipinski definition) is 0. The van der Waals surface area contributed by atoms with E-state index in [0.717, 1.165) is 5.56 Å². The molecule has 0 aliphatic heterocycles. The number of Topliss-reactive ketones (excluding diaryl/α,β-unsaturated/α-hetero) is 2. The van der Waals surface area contributed by atoms with E-state index in [1.165, 1.54) is 7.11 Å². The van der Waals surface area contributed by atoms with Crippen LogP contribution in [-0.4, -0.2) is 18.7 Å². The smallest absolute Gasteiger partial charge is 0.232 e. The lowest BCUT2D eigenvalue weighted by atomic mass is 9.85. The van der Waals surface area contributed by atoms with E-state index >= 15 is 0 Å². The molecule has 0 saturated carbocycles. The Morgan fingerprint density at radius 3 is 2.28 bits per heavy atom. The Morgan fingerprint density at radius 2 is 1.83 bits per heavy atom. The van der Waals surface area contributed by atoms with Gasteiger partial charge in [-0.1, -0.05) is 33.8 Å². The molecule has 0 fully saturated rings. The van der Waals surface area contributed by atoms with Crippen LogP contribution >= 0.6 is 0 Å². The highest BCUT2D eigenvalue weighted by Crippen LogP contribution is 2.28. The van der Waals surface area contributed by atoms with E-state index in [-0.39, 0.29) is 17.6 Å². The first-order valence-corrected chi connectivity index (χ1v) is 6.07. The van der Waals surface area contributed by atoms with Gasteiger partial charge in [0.15, 0.2) is 0 Å². The highest BCUT2D eigenvalue weighted by molar-refractivity contribution is 6.44. The Morgan fingerprint density at radius 1 is 1.22 bits per heavy atom. The van der Waals surface area contributed by atoms with Crippen LogP contribution in [0.4, 0.5) is 0 Å². The van der Waals surface area contributed by atoms with E-state index in [1.807, 2.05) is 6.07 Å². The highest BCUT2D eigenvalue weighted by Gasteiger charge is 2.22. The number of methoxy groups -OCH3 is 1. The summed E-state index contributed by atoms with van der Waals surface area (Å²) in [6.45, 7) is 7.86. The zero-order chi connectivity index (χ0) is 13.9. The second kappa shape index (κ2) is 5.34. The third-order valence-electron chi connectivity index (χ3n) is 2.88. The van der Waals surface area contributed by atoms with Crippen molar-refractivity contribution in [3.63, 3.8) is 0 Å². The standard InChI is InChI=1S/C15H20O3/c1-6-12(16)14(17)11-9-10(15(2,3)4)7-8-13(11)18-5/h7-9H,6H2,1-5H3. The molecule has 0 aliphatic rings. The quantitative estimate of drug-likeness (QED) is 0.607. The van der Waals surface area contributed by atoms with Gasteiger partial charge in [0, 0.05) is 6.42 Å². The molecule has 3 heteroatoms. The number of ether oxygens (including phenoxy) is 1. The number of carbonyl (C=O) groups is 2. The Balaban J connectivity index is 3.31. The van der Waals surface area contributed by atoms with E-state index in [4.69, 9.17) is 4.74 Å². The summed E-state index contributed by atoms with van der Waals surface area (Å²) < 4.78 is 5.16. The van der Waals surface area contributed by atoms with Gasteiger partial charge in [-0.25, -0.2) is 0 Å². The van der Waals surface area contributed by atoms with Crippen molar-refractivity contribution < 1.29 is 14.3 Å². The Hall–Kier alpha value is -1.64. The molecule has 0 N–H and O–H groups in total. The van der Waals surface area contributed by atoms with Crippen LogP contribution in [0.3, 0.4) is 0 Å². The topological polar surface area (TPSA) is 43.4 Å². The fourth-order valence-corrected chi connectivity index (χ4v) is 1.66. The lowest BCUT2D eigenvalue weighted by molar-refractivity contribution is -0.114. The predicted octanol–water partition coefficient (Wildman–Crippen LogP) is 3.15. The van der Waals surface area contributed by atoms with Gasteiger partial charge >= 0.3 is 0 Å². The second-order valence-corrected chi connectivity index (χ2v) is 5.27. The molecule has 0 aliphatic carbocycles. The van der Waals surface area contributed by atoms with E-state index < -0.39 is 5.78 Å². The number of hydrogen-bond acceptors (Lipinski definition) is 3. The van der Waals surface area contributed by atoms with Crippen LogP contribution in [0.1, 0.15) is 50.0 Å². The van der Waals surface area contributed by atoms with E-state index in [2.05, 4.69) is 20.8 Å². The summed E-state index contributed by atoms with van der Waals surface area (Å²) in [6, 6.07) is 5.43. The van der Waals surface area contributed by atoms with Gasteiger partial charge in [-0.05, 0) is 23.1 Å². The Labute approximate surface area is 108 Å². The van der Waals surface area contributed by atoms with Crippen LogP contribution in [0.25, 0.3) is 0 Å². The van der Waals surface area contributed by atoms with Gasteiger partial charge in [0.05, 0.1) is 12.7 Å². The average molecular weight is 248 g/mol. The molecule has 0 bridgehead atoms. The van der Waals surface area contributed by atoms with Crippen LogP contribution in [0.5, 0.6) is 5.75 Å². The minimum Gasteiger partial charge on any atom is -0.496 e. The molecular weight excluding hydrogens is 228 g/mol. The molecule has 98 valence electrons. The Bertz CT molecular complexity index is 467. The minimum atomic E-state index is -0.472. The van der Waals surface area contributed by atoms with Gasteiger partial charge in [-0.2, -0.15) is 0 Å². The van der Waals surface area contributed by atoms with Crippen LogP contribution in [0.2, 0.25) is 0 Å². The molecule has 0 amide bonds. The van der Waals surface area contributed by atoms with Crippen molar-refractivity contribution in [3.8, 4) is 5.75 Å². The van der Waals surface area contributed by atoms with Gasteiger partial charge in [0.2, 0.25) is 11.6 Å². The molecular formula is C15H20O3. The van der Waals surface area contributed by atoms with Crippen LogP contribution in [-0.2, 0) is 10.2 Å². The molecule has 0 unspecified atom stereocenters. The van der Waals surface area contributed by atoms with E-state index in [9.17, 15) is 9.59 Å². The third kappa shape index (κ3) is 2.97. The zero-order valence-electron chi connectivity index (χ0n) is 11.7. The average Bonchev–Trinajstić information content (AvgIpc) is 2.35. The molecule has 0 radical (unpaired) electrons. The van der Waals surface area contributed by atoms with Crippen LogP contribution < -0.4 is 4.74 Å².